The van der Waals surface area contributed by atoms with Gasteiger partial charge in [0.15, 0.2) is 0 Å². The number of carbonyl (C=O) groups is 4. The molecule has 0 saturated heterocycles. The Hall–Kier alpha value is -2.24. The minimum absolute atomic E-state index is 0.263. The highest BCUT2D eigenvalue weighted by molar-refractivity contribution is 5.94. The third kappa shape index (κ3) is 9.68. The van der Waals surface area contributed by atoms with Gasteiger partial charge in [0.2, 0.25) is 17.7 Å². The van der Waals surface area contributed by atoms with Crippen LogP contribution in [-0.4, -0.2) is 70.7 Å². The molecule has 168 valence electrons. The second kappa shape index (κ2) is 13.1. The van der Waals surface area contributed by atoms with Crippen LogP contribution in [0.25, 0.3) is 0 Å². The molecule has 9 N–H and O–H groups in total. The SMILES string of the molecule is CC(NC(=O)C(NC(=O)C(CCCCN)NC(=O)C(N)C(C)O)C(C)C)C(=O)O. The third-order valence-corrected chi connectivity index (χ3v) is 4.38. The summed E-state index contributed by atoms with van der Waals surface area (Å²) in [5, 5.41) is 25.8. The first-order valence-electron chi connectivity index (χ1n) is 9.69. The van der Waals surface area contributed by atoms with Gasteiger partial charge in [-0.15, -0.1) is 0 Å². The number of rotatable bonds is 13. The highest BCUT2D eigenvalue weighted by Gasteiger charge is 2.31. The van der Waals surface area contributed by atoms with Crippen LogP contribution in [0.2, 0.25) is 0 Å². The van der Waals surface area contributed by atoms with Crippen LogP contribution in [0.15, 0.2) is 0 Å². The fourth-order valence-electron chi connectivity index (χ4n) is 2.40. The number of amides is 3. The minimum atomic E-state index is -1.21. The molecule has 0 aliphatic heterocycles. The van der Waals surface area contributed by atoms with E-state index in [4.69, 9.17) is 16.6 Å². The number of hydrogen-bond acceptors (Lipinski definition) is 7. The maximum absolute atomic E-state index is 12.7. The molecule has 0 aliphatic carbocycles. The zero-order valence-corrected chi connectivity index (χ0v) is 17.5. The van der Waals surface area contributed by atoms with Gasteiger partial charge in [-0.05, 0) is 45.6 Å². The molecule has 0 aromatic rings. The molecule has 0 saturated carbocycles. The van der Waals surface area contributed by atoms with Crippen LogP contribution in [0.5, 0.6) is 0 Å². The number of hydrogen-bond donors (Lipinski definition) is 7. The van der Waals surface area contributed by atoms with E-state index in [1.54, 1.807) is 13.8 Å². The Bertz CT molecular complexity index is 569. The van der Waals surface area contributed by atoms with Gasteiger partial charge in [0.1, 0.15) is 24.2 Å². The molecule has 0 aromatic heterocycles. The molecule has 5 atom stereocenters. The first kappa shape index (κ1) is 26.8. The van der Waals surface area contributed by atoms with Crippen LogP contribution in [0.3, 0.4) is 0 Å². The summed E-state index contributed by atoms with van der Waals surface area (Å²) in [4.78, 5) is 48.3. The van der Waals surface area contributed by atoms with E-state index in [-0.39, 0.29) is 12.3 Å². The topological polar surface area (TPSA) is 197 Å². The van der Waals surface area contributed by atoms with Gasteiger partial charge < -0.3 is 37.6 Å². The van der Waals surface area contributed by atoms with Crippen LogP contribution in [0.1, 0.15) is 47.0 Å². The summed E-state index contributed by atoms with van der Waals surface area (Å²) in [5.41, 5.74) is 11.1. The molecule has 3 amide bonds. The zero-order chi connectivity index (χ0) is 22.7. The van der Waals surface area contributed by atoms with Crippen LogP contribution in [0.4, 0.5) is 0 Å². The molecule has 0 bridgehead atoms. The maximum Gasteiger partial charge on any atom is 0.325 e. The van der Waals surface area contributed by atoms with Crippen LogP contribution in [0, 0.1) is 5.92 Å². The molecular formula is C18H35N5O6. The van der Waals surface area contributed by atoms with Gasteiger partial charge in [0.25, 0.3) is 0 Å². The summed E-state index contributed by atoms with van der Waals surface area (Å²) in [6.07, 6.45) is 0.341. The summed E-state index contributed by atoms with van der Waals surface area (Å²) in [7, 11) is 0. The number of aliphatic carboxylic acids is 1. The molecule has 0 rings (SSSR count). The molecule has 0 spiro atoms. The van der Waals surface area contributed by atoms with E-state index in [0.717, 1.165) is 0 Å². The summed E-state index contributed by atoms with van der Waals surface area (Å²) in [5.74, 6) is -3.48. The maximum atomic E-state index is 12.7. The van der Waals surface area contributed by atoms with Crippen LogP contribution in [-0.2, 0) is 19.2 Å². The second-order valence-corrected chi connectivity index (χ2v) is 7.41. The van der Waals surface area contributed by atoms with E-state index >= 15 is 0 Å². The Morgan fingerprint density at radius 3 is 1.93 bits per heavy atom. The quantitative estimate of drug-likeness (QED) is 0.168. The normalized spacial score (nSPS) is 16.3. The Labute approximate surface area is 171 Å². The number of carbonyl (C=O) groups excluding carboxylic acids is 3. The van der Waals surface area contributed by atoms with Gasteiger partial charge in [-0.1, -0.05) is 13.8 Å². The number of aliphatic hydroxyl groups is 1. The average molecular weight is 418 g/mol. The summed E-state index contributed by atoms with van der Waals surface area (Å²) >= 11 is 0. The lowest BCUT2D eigenvalue weighted by atomic mass is 10.0. The van der Waals surface area contributed by atoms with E-state index in [1.165, 1.54) is 13.8 Å². The largest absolute Gasteiger partial charge is 0.480 e. The number of nitrogens with two attached hydrogens (primary N) is 2. The highest BCUT2D eigenvalue weighted by Crippen LogP contribution is 2.07. The molecule has 0 aliphatic rings. The number of aliphatic hydroxyl groups excluding tert-OH is 1. The van der Waals surface area contributed by atoms with Crippen molar-refractivity contribution >= 4 is 23.7 Å². The molecule has 0 aromatic carbocycles. The Balaban J connectivity index is 5.27. The average Bonchev–Trinajstić information content (AvgIpc) is 2.63. The Morgan fingerprint density at radius 2 is 1.48 bits per heavy atom. The predicted molar refractivity (Wildman–Crippen MR) is 107 cm³/mol. The fourth-order valence-corrected chi connectivity index (χ4v) is 2.40. The molecule has 11 heteroatoms. The lowest BCUT2D eigenvalue weighted by molar-refractivity contribution is -0.142. The summed E-state index contributed by atoms with van der Waals surface area (Å²) in [6.45, 7) is 6.48. The first-order chi connectivity index (χ1) is 13.4. The Morgan fingerprint density at radius 1 is 0.897 bits per heavy atom. The van der Waals surface area contributed by atoms with Crippen molar-refractivity contribution in [2.75, 3.05) is 6.54 Å². The molecule has 0 radical (unpaired) electrons. The minimum Gasteiger partial charge on any atom is -0.480 e. The molecule has 11 nitrogen and oxygen atoms in total. The van der Waals surface area contributed by atoms with Gasteiger partial charge in [0, 0.05) is 0 Å². The van der Waals surface area contributed by atoms with Gasteiger partial charge in [-0.2, -0.15) is 0 Å². The number of nitrogens with one attached hydrogen (secondary N) is 3. The molecule has 29 heavy (non-hydrogen) atoms. The fraction of sp³-hybridized carbons (Fsp3) is 0.778. The van der Waals surface area contributed by atoms with Gasteiger partial charge >= 0.3 is 5.97 Å². The van der Waals surface area contributed by atoms with Crippen molar-refractivity contribution in [2.45, 2.75) is 77.2 Å². The molecule has 5 unspecified atom stereocenters. The molecule has 0 fully saturated rings. The molecular weight excluding hydrogens is 382 g/mol. The zero-order valence-electron chi connectivity index (χ0n) is 17.5. The third-order valence-electron chi connectivity index (χ3n) is 4.38. The number of carboxylic acid groups (broad SMARTS) is 1. The van der Waals surface area contributed by atoms with Crippen molar-refractivity contribution in [3.63, 3.8) is 0 Å². The van der Waals surface area contributed by atoms with E-state index in [0.29, 0.717) is 19.4 Å². The van der Waals surface area contributed by atoms with Crippen molar-refractivity contribution < 1.29 is 29.4 Å². The monoisotopic (exact) mass is 417 g/mol. The Kier molecular flexibility index (Phi) is 12.1. The van der Waals surface area contributed by atoms with E-state index in [9.17, 15) is 24.3 Å². The lowest BCUT2D eigenvalue weighted by Crippen LogP contribution is -2.59. The van der Waals surface area contributed by atoms with Crippen LogP contribution < -0.4 is 27.4 Å². The molecule has 0 heterocycles. The highest BCUT2D eigenvalue weighted by atomic mass is 16.4. The first-order valence-corrected chi connectivity index (χ1v) is 9.69. The predicted octanol–water partition coefficient (Wildman–Crippen LogP) is -1.96. The van der Waals surface area contributed by atoms with Crippen LogP contribution >= 0.6 is 0 Å². The van der Waals surface area contributed by atoms with Gasteiger partial charge in [0.05, 0.1) is 6.10 Å². The summed E-state index contributed by atoms with van der Waals surface area (Å²) < 4.78 is 0. The van der Waals surface area contributed by atoms with E-state index in [1.807, 2.05) is 0 Å². The lowest BCUT2D eigenvalue weighted by Gasteiger charge is -2.27. The number of carboxylic acids is 1. The van der Waals surface area contributed by atoms with Crippen molar-refractivity contribution in [3.8, 4) is 0 Å². The van der Waals surface area contributed by atoms with Crippen molar-refractivity contribution in [1.29, 1.82) is 0 Å². The second-order valence-electron chi connectivity index (χ2n) is 7.41. The smallest absolute Gasteiger partial charge is 0.325 e. The van der Waals surface area contributed by atoms with Crippen molar-refractivity contribution in [1.82, 2.24) is 16.0 Å². The van der Waals surface area contributed by atoms with Gasteiger partial charge in [-0.3, -0.25) is 19.2 Å². The van der Waals surface area contributed by atoms with E-state index in [2.05, 4.69) is 16.0 Å². The van der Waals surface area contributed by atoms with E-state index < -0.39 is 54.0 Å². The van der Waals surface area contributed by atoms with Gasteiger partial charge in [-0.25, -0.2) is 0 Å². The number of unbranched alkanes of at least 4 members (excludes halogenated alkanes) is 1. The van der Waals surface area contributed by atoms with Crippen molar-refractivity contribution in [3.05, 3.63) is 0 Å². The van der Waals surface area contributed by atoms with Crippen molar-refractivity contribution in [2.24, 2.45) is 17.4 Å². The summed E-state index contributed by atoms with van der Waals surface area (Å²) in [6, 6.07) is -4.31. The standard InChI is InChI=1S/C18H35N5O6/c1-9(2)14(17(27)21-10(3)18(28)29)23-15(25)12(7-5-6-8-19)22-16(26)13(20)11(4)24/h9-14,24H,5-8,19-20H2,1-4H3,(H,21,27)(H,22,26)(H,23,25)(H,28,29).